The Kier molecular flexibility index (Phi) is 4.24. The molecule has 24 heavy (non-hydrogen) atoms. The van der Waals surface area contributed by atoms with Gasteiger partial charge in [0.1, 0.15) is 11.6 Å². The topological polar surface area (TPSA) is 79.8 Å². The third-order valence-electron chi connectivity index (χ3n) is 3.53. The van der Waals surface area contributed by atoms with E-state index in [0.29, 0.717) is 0 Å². The number of aromatic amines is 1. The molecule has 1 aromatic carbocycles. The molecule has 122 valence electrons. The van der Waals surface area contributed by atoms with Gasteiger partial charge in [0, 0.05) is 12.1 Å². The molecule has 2 heterocycles. The van der Waals surface area contributed by atoms with E-state index in [1.165, 1.54) is 18.2 Å². The van der Waals surface area contributed by atoms with Crippen LogP contribution in [0.1, 0.15) is 18.5 Å². The molecule has 0 aliphatic heterocycles. The van der Waals surface area contributed by atoms with Crippen molar-refractivity contribution < 1.29 is 4.39 Å². The first-order valence-electron chi connectivity index (χ1n) is 7.35. The summed E-state index contributed by atoms with van der Waals surface area (Å²) in [5.74, 6) is -0.545. The summed E-state index contributed by atoms with van der Waals surface area (Å²) in [4.78, 5) is 30.6. The lowest BCUT2D eigenvalue weighted by atomic mass is 10.1. The first-order valence-corrected chi connectivity index (χ1v) is 7.35. The number of nitrogens with zero attached hydrogens (tertiary/aromatic N) is 2. The summed E-state index contributed by atoms with van der Waals surface area (Å²) in [6.07, 6.45) is 0. The van der Waals surface area contributed by atoms with Gasteiger partial charge in [0.2, 0.25) is 5.95 Å². The van der Waals surface area contributed by atoms with E-state index >= 15 is 0 Å². The van der Waals surface area contributed by atoms with Gasteiger partial charge >= 0.3 is 5.69 Å². The van der Waals surface area contributed by atoms with Crippen LogP contribution in [0, 0.1) is 5.95 Å². The van der Waals surface area contributed by atoms with Crippen LogP contribution in [-0.4, -0.2) is 14.5 Å². The molecule has 0 saturated heterocycles. The van der Waals surface area contributed by atoms with Crippen molar-refractivity contribution in [1.29, 1.82) is 0 Å². The number of nitrogens with one attached hydrogen (secondary N) is 2. The SMILES string of the molecule is C[C@H](Nc1cc(=O)n(-c2cccc(F)n2)c(=O)[nH]1)c1ccccc1. The molecule has 0 spiro atoms. The summed E-state index contributed by atoms with van der Waals surface area (Å²) in [7, 11) is 0. The Bertz CT molecular complexity index is 935. The average Bonchev–Trinajstić information content (AvgIpc) is 2.55. The lowest BCUT2D eigenvalue weighted by Crippen LogP contribution is -2.34. The van der Waals surface area contributed by atoms with Gasteiger partial charge in [-0.1, -0.05) is 36.4 Å². The number of hydrogen-bond acceptors (Lipinski definition) is 4. The number of aromatic nitrogens is 3. The summed E-state index contributed by atoms with van der Waals surface area (Å²) >= 11 is 0. The second kappa shape index (κ2) is 6.49. The highest BCUT2D eigenvalue weighted by Gasteiger charge is 2.11. The molecule has 0 radical (unpaired) electrons. The summed E-state index contributed by atoms with van der Waals surface area (Å²) in [5.41, 5.74) is -0.280. The molecule has 0 aliphatic carbocycles. The highest BCUT2D eigenvalue weighted by Crippen LogP contribution is 2.15. The molecule has 6 nitrogen and oxygen atoms in total. The molecule has 3 rings (SSSR count). The third kappa shape index (κ3) is 3.24. The number of pyridine rings is 1. The van der Waals surface area contributed by atoms with Crippen molar-refractivity contribution in [2.75, 3.05) is 5.32 Å². The molecular formula is C17H15FN4O2. The van der Waals surface area contributed by atoms with Gasteiger partial charge in [-0.05, 0) is 24.6 Å². The van der Waals surface area contributed by atoms with Crippen LogP contribution in [0.25, 0.3) is 5.82 Å². The van der Waals surface area contributed by atoms with Gasteiger partial charge < -0.3 is 5.32 Å². The van der Waals surface area contributed by atoms with E-state index in [0.717, 1.165) is 16.2 Å². The fourth-order valence-electron chi connectivity index (χ4n) is 2.37. The fraction of sp³-hybridized carbons (Fsp3) is 0.118. The molecule has 7 heteroatoms. The molecule has 2 aromatic heterocycles. The van der Waals surface area contributed by atoms with Crippen LogP contribution in [0.4, 0.5) is 10.2 Å². The zero-order chi connectivity index (χ0) is 17.1. The van der Waals surface area contributed by atoms with E-state index in [1.54, 1.807) is 0 Å². The molecule has 0 bridgehead atoms. The smallest absolute Gasteiger partial charge is 0.335 e. The van der Waals surface area contributed by atoms with E-state index < -0.39 is 17.2 Å². The lowest BCUT2D eigenvalue weighted by molar-refractivity contribution is 0.578. The first-order chi connectivity index (χ1) is 11.5. The summed E-state index contributed by atoms with van der Waals surface area (Å²) < 4.78 is 14.0. The highest BCUT2D eigenvalue weighted by atomic mass is 19.1. The maximum absolute atomic E-state index is 13.2. The predicted octanol–water partition coefficient (Wildman–Crippen LogP) is 2.23. The van der Waals surface area contributed by atoms with Gasteiger partial charge in [-0.25, -0.2) is 14.3 Å². The molecule has 2 N–H and O–H groups in total. The maximum atomic E-state index is 13.2. The van der Waals surface area contributed by atoms with E-state index in [1.807, 2.05) is 37.3 Å². The van der Waals surface area contributed by atoms with Crippen molar-refractivity contribution in [3.05, 3.63) is 86.9 Å². The number of hydrogen-bond donors (Lipinski definition) is 2. The van der Waals surface area contributed by atoms with Crippen LogP contribution in [0.15, 0.2) is 64.2 Å². The second-order valence-corrected chi connectivity index (χ2v) is 5.26. The Labute approximate surface area is 136 Å². The zero-order valence-electron chi connectivity index (χ0n) is 12.9. The number of anilines is 1. The Morgan fingerprint density at radius 3 is 2.54 bits per heavy atom. The van der Waals surface area contributed by atoms with Crippen molar-refractivity contribution in [3.8, 4) is 5.82 Å². The predicted molar refractivity (Wildman–Crippen MR) is 88.9 cm³/mol. The van der Waals surface area contributed by atoms with Gasteiger partial charge in [0.05, 0.1) is 0 Å². The van der Waals surface area contributed by atoms with E-state index in [2.05, 4.69) is 15.3 Å². The Morgan fingerprint density at radius 2 is 1.88 bits per heavy atom. The van der Waals surface area contributed by atoms with E-state index in [-0.39, 0.29) is 17.7 Å². The minimum atomic E-state index is -0.765. The largest absolute Gasteiger partial charge is 0.365 e. The Morgan fingerprint density at radius 1 is 1.12 bits per heavy atom. The number of H-pyrrole nitrogens is 1. The van der Waals surface area contributed by atoms with Crippen LogP contribution in [0.2, 0.25) is 0 Å². The van der Waals surface area contributed by atoms with Crippen molar-refractivity contribution >= 4 is 5.82 Å². The number of halogens is 1. The summed E-state index contributed by atoms with van der Waals surface area (Å²) in [6.45, 7) is 1.91. The lowest BCUT2D eigenvalue weighted by Gasteiger charge is -2.15. The quantitative estimate of drug-likeness (QED) is 0.721. The van der Waals surface area contributed by atoms with Crippen molar-refractivity contribution in [2.24, 2.45) is 0 Å². The van der Waals surface area contributed by atoms with E-state index in [9.17, 15) is 14.0 Å². The van der Waals surface area contributed by atoms with Crippen LogP contribution in [0.5, 0.6) is 0 Å². The second-order valence-electron chi connectivity index (χ2n) is 5.26. The van der Waals surface area contributed by atoms with Crippen LogP contribution < -0.4 is 16.6 Å². The van der Waals surface area contributed by atoms with Gasteiger partial charge in [-0.15, -0.1) is 0 Å². The molecule has 0 aliphatic rings. The average molecular weight is 326 g/mol. The molecule has 3 aromatic rings. The molecule has 0 fully saturated rings. The van der Waals surface area contributed by atoms with Crippen molar-refractivity contribution in [3.63, 3.8) is 0 Å². The summed E-state index contributed by atoms with van der Waals surface area (Å²) in [6, 6.07) is 14.6. The van der Waals surface area contributed by atoms with Crippen molar-refractivity contribution in [2.45, 2.75) is 13.0 Å². The molecule has 0 saturated carbocycles. The van der Waals surface area contributed by atoms with Crippen LogP contribution >= 0.6 is 0 Å². The molecular weight excluding hydrogens is 311 g/mol. The molecule has 0 amide bonds. The van der Waals surface area contributed by atoms with E-state index in [4.69, 9.17) is 0 Å². The first kappa shape index (κ1) is 15.7. The zero-order valence-corrected chi connectivity index (χ0v) is 12.9. The van der Waals surface area contributed by atoms with Gasteiger partial charge in [-0.2, -0.15) is 4.39 Å². The molecule has 0 unspecified atom stereocenters. The van der Waals surface area contributed by atoms with Crippen LogP contribution in [-0.2, 0) is 0 Å². The van der Waals surface area contributed by atoms with Gasteiger partial charge in [0.15, 0.2) is 0 Å². The van der Waals surface area contributed by atoms with Crippen molar-refractivity contribution in [1.82, 2.24) is 14.5 Å². The normalized spacial score (nSPS) is 11.9. The molecule has 1 atom stereocenters. The standard InChI is InChI=1S/C17H15FN4O2/c1-11(12-6-3-2-4-7-12)19-14-10-16(23)22(17(24)21-14)15-9-5-8-13(18)20-15/h2-11,19H,1H3,(H,21,24)/t11-/m0/s1. The monoisotopic (exact) mass is 326 g/mol. The Hall–Kier alpha value is -3.22. The minimum Gasteiger partial charge on any atom is -0.365 e. The maximum Gasteiger partial charge on any atom is 0.335 e. The van der Waals surface area contributed by atoms with Crippen LogP contribution in [0.3, 0.4) is 0 Å². The number of rotatable bonds is 4. The third-order valence-corrected chi connectivity index (χ3v) is 3.53. The summed E-state index contributed by atoms with van der Waals surface area (Å²) in [5, 5.41) is 3.07. The van der Waals surface area contributed by atoms with Gasteiger partial charge in [-0.3, -0.25) is 9.78 Å². The Balaban J connectivity index is 1.93. The van der Waals surface area contributed by atoms with Gasteiger partial charge in [0.25, 0.3) is 5.56 Å². The highest BCUT2D eigenvalue weighted by molar-refractivity contribution is 5.38. The minimum absolute atomic E-state index is 0.0658. The number of benzene rings is 1. The fourth-order valence-corrected chi connectivity index (χ4v) is 2.37.